The zero-order valence-corrected chi connectivity index (χ0v) is 16.0. The molecule has 1 amide bonds. The molecule has 0 spiro atoms. The second-order valence-corrected chi connectivity index (χ2v) is 7.47. The number of piperidine rings is 1. The van der Waals surface area contributed by atoms with Crippen LogP contribution < -0.4 is 19.7 Å². The monoisotopic (exact) mass is 393 g/mol. The third-order valence-electron chi connectivity index (χ3n) is 5.49. The largest absolute Gasteiger partial charge is 0.486 e. The van der Waals surface area contributed by atoms with Crippen molar-refractivity contribution in [3.05, 3.63) is 48.5 Å². The quantitative estimate of drug-likeness (QED) is 0.734. The van der Waals surface area contributed by atoms with Crippen molar-refractivity contribution in [3.63, 3.8) is 0 Å². The van der Waals surface area contributed by atoms with Crippen LogP contribution in [-0.4, -0.2) is 43.2 Å². The van der Waals surface area contributed by atoms with E-state index in [4.69, 9.17) is 13.9 Å². The molecule has 150 valence electrons. The summed E-state index contributed by atoms with van der Waals surface area (Å²) in [5.74, 6) is 1.54. The maximum atomic E-state index is 12.6. The molecule has 1 fully saturated rings. The molecule has 0 aliphatic carbocycles. The first-order valence-electron chi connectivity index (χ1n) is 10.0. The number of nitrogens with one attached hydrogen (secondary N) is 1. The predicted octanol–water partition coefficient (Wildman–Crippen LogP) is 3.00. The highest BCUT2D eigenvalue weighted by Gasteiger charge is 2.28. The van der Waals surface area contributed by atoms with Gasteiger partial charge >= 0.3 is 0 Å². The van der Waals surface area contributed by atoms with Gasteiger partial charge in [-0.1, -0.05) is 24.3 Å². The van der Waals surface area contributed by atoms with E-state index in [1.165, 1.54) is 0 Å². The van der Waals surface area contributed by atoms with Crippen molar-refractivity contribution in [1.29, 1.82) is 0 Å². The number of fused-ring (bicyclic) bond motifs is 2. The molecule has 1 aromatic heterocycles. The fourth-order valence-corrected chi connectivity index (χ4v) is 3.85. The molecule has 5 rings (SSSR count). The summed E-state index contributed by atoms with van der Waals surface area (Å²) >= 11 is 0. The molecular formula is C22H23N3O4. The van der Waals surface area contributed by atoms with Crippen LogP contribution in [0, 0.1) is 5.92 Å². The minimum Gasteiger partial charge on any atom is -0.486 e. The van der Waals surface area contributed by atoms with E-state index in [1.807, 2.05) is 48.5 Å². The Morgan fingerprint density at radius 3 is 2.66 bits per heavy atom. The first-order chi connectivity index (χ1) is 14.3. The van der Waals surface area contributed by atoms with Crippen LogP contribution in [-0.2, 0) is 4.79 Å². The maximum Gasteiger partial charge on any atom is 0.298 e. The van der Waals surface area contributed by atoms with Crippen LogP contribution in [0.3, 0.4) is 0 Å². The molecule has 0 bridgehead atoms. The number of ether oxygens (including phenoxy) is 2. The summed E-state index contributed by atoms with van der Waals surface area (Å²) in [6.45, 7) is 2.38. The number of nitrogens with zero attached hydrogens (tertiary/aromatic N) is 2. The van der Waals surface area contributed by atoms with Crippen molar-refractivity contribution >= 4 is 23.0 Å². The van der Waals surface area contributed by atoms with Gasteiger partial charge in [-0.2, -0.15) is 4.98 Å². The van der Waals surface area contributed by atoms with E-state index in [0.29, 0.717) is 19.2 Å². The molecule has 29 heavy (non-hydrogen) atoms. The highest BCUT2D eigenvalue weighted by Crippen LogP contribution is 2.31. The van der Waals surface area contributed by atoms with Crippen LogP contribution in [0.5, 0.6) is 11.5 Å². The van der Waals surface area contributed by atoms with E-state index in [2.05, 4.69) is 15.2 Å². The van der Waals surface area contributed by atoms with Crippen LogP contribution in [0.2, 0.25) is 0 Å². The summed E-state index contributed by atoms with van der Waals surface area (Å²) in [5, 5.41) is 3.03. The summed E-state index contributed by atoms with van der Waals surface area (Å²) in [6, 6.07) is 16.0. The number of oxazole rings is 1. The topological polar surface area (TPSA) is 76.8 Å². The number of carbonyl (C=O) groups is 1. The Bertz CT molecular complexity index is 977. The third kappa shape index (κ3) is 3.72. The van der Waals surface area contributed by atoms with Crippen LogP contribution in [0.15, 0.2) is 52.9 Å². The Kier molecular flexibility index (Phi) is 4.71. The van der Waals surface area contributed by atoms with E-state index in [-0.39, 0.29) is 17.9 Å². The minimum absolute atomic E-state index is 0.00702. The second-order valence-electron chi connectivity index (χ2n) is 7.47. The Morgan fingerprint density at radius 2 is 1.83 bits per heavy atom. The smallest absolute Gasteiger partial charge is 0.298 e. The van der Waals surface area contributed by atoms with Crippen molar-refractivity contribution in [2.24, 2.45) is 5.92 Å². The SMILES string of the molecule is O=C(NC[C@H]1COc2ccccc2O1)C1CCN(c2nc3ccccc3o2)CC1. The molecule has 7 heteroatoms. The molecule has 1 N–H and O–H groups in total. The Balaban J connectivity index is 1.12. The number of hydrogen-bond donors (Lipinski definition) is 1. The fraction of sp³-hybridized carbons (Fsp3) is 0.364. The lowest BCUT2D eigenvalue weighted by molar-refractivity contribution is -0.126. The summed E-state index contributed by atoms with van der Waals surface area (Å²) in [6.07, 6.45) is 1.37. The van der Waals surface area contributed by atoms with Crippen LogP contribution in [0.4, 0.5) is 6.01 Å². The second kappa shape index (κ2) is 7.66. The highest BCUT2D eigenvalue weighted by molar-refractivity contribution is 5.79. The standard InChI is InChI=1S/C22H23N3O4/c26-21(23-13-16-14-27-19-7-3-4-8-20(19)28-16)15-9-11-25(12-10-15)22-24-17-5-1-2-6-18(17)29-22/h1-8,15-16H,9-14H2,(H,23,26)/t16-/m0/s1. The van der Waals surface area contributed by atoms with Gasteiger partial charge in [-0.3, -0.25) is 4.79 Å². The number of aromatic nitrogens is 1. The molecule has 1 atom stereocenters. The van der Waals surface area contributed by atoms with Crippen LogP contribution in [0.1, 0.15) is 12.8 Å². The zero-order chi connectivity index (χ0) is 19.6. The first kappa shape index (κ1) is 17.8. The number of para-hydroxylation sites is 4. The molecule has 0 radical (unpaired) electrons. The molecule has 2 aliphatic rings. The van der Waals surface area contributed by atoms with Gasteiger partial charge in [0, 0.05) is 19.0 Å². The molecular weight excluding hydrogens is 370 g/mol. The van der Waals surface area contributed by atoms with Gasteiger partial charge in [0.25, 0.3) is 6.01 Å². The molecule has 1 saturated heterocycles. The molecule has 2 aromatic carbocycles. The first-order valence-corrected chi connectivity index (χ1v) is 10.0. The number of rotatable bonds is 4. The van der Waals surface area contributed by atoms with Crippen molar-refractivity contribution in [2.45, 2.75) is 18.9 Å². The fourth-order valence-electron chi connectivity index (χ4n) is 3.85. The average Bonchev–Trinajstić information content (AvgIpc) is 3.22. The predicted molar refractivity (Wildman–Crippen MR) is 108 cm³/mol. The van der Waals surface area contributed by atoms with Crippen LogP contribution >= 0.6 is 0 Å². The van der Waals surface area contributed by atoms with Crippen LogP contribution in [0.25, 0.3) is 11.1 Å². The molecule has 2 aliphatic heterocycles. The maximum absolute atomic E-state index is 12.6. The van der Waals surface area contributed by atoms with E-state index in [9.17, 15) is 4.79 Å². The van der Waals surface area contributed by atoms with Gasteiger partial charge in [-0.15, -0.1) is 0 Å². The zero-order valence-electron chi connectivity index (χ0n) is 16.0. The molecule has 3 heterocycles. The summed E-state index contributed by atoms with van der Waals surface area (Å²) in [5.41, 5.74) is 1.65. The summed E-state index contributed by atoms with van der Waals surface area (Å²) < 4.78 is 17.4. The molecule has 7 nitrogen and oxygen atoms in total. The van der Waals surface area contributed by atoms with Crippen molar-refractivity contribution < 1.29 is 18.7 Å². The van der Waals surface area contributed by atoms with E-state index in [0.717, 1.165) is 48.5 Å². The number of benzene rings is 2. The number of carbonyl (C=O) groups excluding carboxylic acids is 1. The summed E-state index contributed by atoms with van der Waals surface area (Å²) in [7, 11) is 0. The Hall–Kier alpha value is -3.22. The van der Waals surface area contributed by atoms with Gasteiger partial charge in [-0.05, 0) is 37.1 Å². The number of amides is 1. The third-order valence-corrected chi connectivity index (χ3v) is 5.49. The van der Waals surface area contributed by atoms with E-state index in [1.54, 1.807) is 0 Å². The number of anilines is 1. The molecule has 3 aromatic rings. The van der Waals surface area contributed by atoms with Gasteiger partial charge in [0.2, 0.25) is 5.91 Å². The lowest BCUT2D eigenvalue weighted by Crippen LogP contribution is -2.45. The lowest BCUT2D eigenvalue weighted by Gasteiger charge is -2.31. The van der Waals surface area contributed by atoms with E-state index >= 15 is 0 Å². The average molecular weight is 393 g/mol. The Morgan fingerprint density at radius 1 is 1.07 bits per heavy atom. The lowest BCUT2D eigenvalue weighted by atomic mass is 9.96. The number of hydrogen-bond acceptors (Lipinski definition) is 6. The summed E-state index contributed by atoms with van der Waals surface area (Å²) in [4.78, 5) is 19.3. The van der Waals surface area contributed by atoms with E-state index < -0.39 is 0 Å². The van der Waals surface area contributed by atoms with Gasteiger partial charge in [-0.25, -0.2) is 0 Å². The Labute approximate surface area is 168 Å². The molecule has 0 saturated carbocycles. The normalized spacial score (nSPS) is 19.3. The van der Waals surface area contributed by atoms with Crippen molar-refractivity contribution in [3.8, 4) is 11.5 Å². The van der Waals surface area contributed by atoms with Gasteiger partial charge in [0.15, 0.2) is 17.1 Å². The van der Waals surface area contributed by atoms with Gasteiger partial charge < -0.3 is 24.1 Å². The highest BCUT2D eigenvalue weighted by atomic mass is 16.6. The molecule has 0 unspecified atom stereocenters. The minimum atomic E-state index is -0.173. The van der Waals surface area contributed by atoms with Crippen molar-refractivity contribution in [1.82, 2.24) is 10.3 Å². The van der Waals surface area contributed by atoms with Gasteiger partial charge in [0.1, 0.15) is 18.2 Å². The van der Waals surface area contributed by atoms with Crippen molar-refractivity contribution in [2.75, 3.05) is 31.1 Å². The van der Waals surface area contributed by atoms with Gasteiger partial charge in [0.05, 0.1) is 6.54 Å².